The van der Waals surface area contributed by atoms with Gasteiger partial charge in [-0.1, -0.05) is 327 Å². The summed E-state index contributed by atoms with van der Waals surface area (Å²) in [6.07, 6.45) is 5.47. The lowest BCUT2D eigenvalue weighted by atomic mass is 9.93. The van der Waals surface area contributed by atoms with E-state index in [1.165, 1.54) is 165 Å². The van der Waals surface area contributed by atoms with Gasteiger partial charge in [0.25, 0.3) is 0 Å². The van der Waals surface area contributed by atoms with E-state index in [2.05, 4.69) is 394 Å². The van der Waals surface area contributed by atoms with Crippen molar-refractivity contribution in [2.45, 2.75) is 6.92 Å². The Morgan fingerprint density at radius 3 is 0.815 bits per heavy atom. The molecule has 606 valence electrons. The van der Waals surface area contributed by atoms with Gasteiger partial charge in [-0.3, -0.25) is 15.0 Å². The van der Waals surface area contributed by atoms with Gasteiger partial charge in [-0.25, -0.2) is 15.0 Å². The van der Waals surface area contributed by atoms with Gasteiger partial charge in [0.15, 0.2) is 0 Å². The normalized spacial score (nSPS) is 11.7. The Bertz CT molecular complexity index is 9260. The van der Waals surface area contributed by atoms with Crippen molar-refractivity contribution in [1.29, 1.82) is 0 Å². The van der Waals surface area contributed by atoms with Crippen LogP contribution < -0.4 is 0 Å². The van der Waals surface area contributed by atoms with Gasteiger partial charge in [-0.2, -0.15) is 0 Å². The van der Waals surface area contributed by atoms with E-state index < -0.39 is 0 Å². The van der Waals surface area contributed by atoms with Crippen molar-refractivity contribution in [3.8, 4) is 101 Å². The smallest absolute Gasteiger partial charge is 0.0979 e. The van der Waals surface area contributed by atoms with E-state index >= 15 is 0 Å². The summed E-state index contributed by atoms with van der Waals surface area (Å²) in [6, 6.07) is 149. The first-order valence-corrected chi connectivity index (χ1v) is 46.3. The lowest BCUT2D eigenvalue weighted by Crippen LogP contribution is -1.97. The van der Waals surface area contributed by atoms with Crippen LogP contribution in [0.4, 0.5) is 0 Å². The zero-order valence-corrected chi connectivity index (χ0v) is 72.8. The third kappa shape index (κ3) is 13.4. The largest absolute Gasteiger partial charge is 0.252 e. The molecule has 0 aliphatic carbocycles. The first-order chi connectivity index (χ1) is 64.3. The number of hydrogen-bond acceptors (Lipinski definition) is 9. The van der Waals surface area contributed by atoms with Crippen LogP contribution in [0.5, 0.6) is 0 Å². The second-order valence-electron chi connectivity index (χ2n) is 33.5. The fourth-order valence-electron chi connectivity index (χ4n) is 19.4. The summed E-state index contributed by atoms with van der Waals surface area (Å²) in [6.45, 7) is 2.15. The van der Waals surface area contributed by atoms with E-state index in [1.54, 1.807) is 12.4 Å². The topological polar surface area (TPSA) is 77.3 Å². The molecule has 0 spiro atoms. The van der Waals surface area contributed by atoms with Gasteiger partial charge in [0.05, 0.1) is 56.4 Å². The summed E-state index contributed by atoms with van der Waals surface area (Å²) >= 11 is 5.58. The number of rotatable bonds is 9. The van der Waals surface area contributed by atoms with Crippen molar-refractivity contribution in [2.24, 2.45) is 0 Å². The summed E-state index contributed by atoms with van der Waals surface area (Å²) in [5, 5.41) is 21.9. The predicted molar refractivity (Wildman–Crippen MR) is 556 cm³/mol. The molecule has 9 heteroatoms. The molecule has 0 N–H and O–H groups in total. The lowest BCUT2D eigenvalue weighted by molar-refractivity contribution is 1.31. The molecule has 6 nitrogen and oxygen atoms in total. The van der Waals surface area contributed by atoms with Crippen LogP contribution in [0.2, 0.25) is 0 Å². The molecule has 0 saturated heterocycles. The summed E-state index contributed by atoms with van der Waals surface area (Å²) < 4.78 is 7.98. The van der Waals surface area contributed by atoms with E-state index in [0.717, 1.165) is 99.2 Å². The van der Waals surface area contributed by atoms with Crippen LogP contribution in [-0.2, 0) is 0 Å². The van der Waals surface area contributed by atoms with Crippen molar-refractivity contribution in [2.75, 3.05) is 0 Å². The zero-order valence-electron chi connectivity index (χ0n) is 70.4. The number of aryl methyl sites for hydroxylation is 1. The molecular weight excluding hydrogens is 1630 g/mol. The van der Waals surface area contributed by atoms with Crippen LogP contribution >= 0.6 is 34.0 Å². The van der Waals surface area contributed by atoms with Crippen LogP contribution in [0.3, 0.4) is 0 Å². The van der Waals surface area contributed by atoms with Crippen molar-refractivity contribution in [1.82, 2.24) is 29.9 Å². The highest BCUT2D eigenvalue weighted by Crippen LogP contribution is 2.47. The molecular formula is C121H74N6S3. The van der Waals surface area contributed by atoms with Gasteiger partial charge in [-0.05, 0) is 197 Å². The highest BCUT2D eigenvalue weighted by Gasteiger charge is 2.22. The first-order valence-electron chi connectivity index (χ1n) is 43.9. The molecule has 0 amide bonds. The number of benzene rings is 21. The zero-order chi connectivity index (χ0) is 85.9. The molecule has 0 saturated carbocycles. The maximum Gasteiger partial charge on any atom is 0.0979 e. The second kappa shape index (κ2) is 31.8. The Morgan fingerprint density at radius 1 is 0.162 bits per heavy atom. The number of nitrogens with zero attached hydrogens (tertiary/aromatic N) is 6. The Labute approximate surface area is 760 Å². The van der Waals surface area contributed by atoms with Crippen molar-refractivity contribution in [3.05, 3.63) is 437 Å². The molecule has 6 heterocycles. The van der Waals surface area contributed by atoms with Crippen LogP contribution in [0, 0.1) is 6.92 Å². The van der Waals surface area contributed by atoms with Crippen molar-refractivity contribution >= 4 is 192 Å². The summed E-state index contributed by atoms with van der Waals surface area (Å²) in [4.78, 5) is 30.3. The van der Waals surface area contributed by atoms with Gasteiger partial charge >= 0.3 is 0 Å². The van der Waals surface area contributed by atoms with Crippen molar-refractivity contribution < 1.29 is 0 Å². The molecule has 6 aromatic heterocycles. The number of aromatic nitrogens is 6. The van der Waals surface area contributed by atoms with Gasteiger partial charge in [-0.15, -0.1) is 34.0 Å². The molecule has 0 aliphatic rings. The fraction of sp³-hybridized carbons (Fsp3) is 0.00826. The van der Waals surface area contributed by atoms with Crippen molar-refractivity contribution in [3.63, 3.8) is 0 Å². The van der Waals surface area contributed by atoms with Gasteiger partial charge in [0, 0.05) is 122 Å². The highest BCUT2D eigenvalue weighted by atomic mass is 32.1. The minimum Gasteiger partial charge on any atom is -0.252 e. The van der Waals surface area contributed by atoms with Gasteiger partial charge < -0.3 is 0 Å². The summed E-state index contributed by atoms with van der Waals surface area (Å²) in [5.41, 5.74) is 27.3. The Balaban J connectivity index is 0.000000106. The van der Waals surface area contributed by atoms with E-state index in [0.29, 0.717) is 0 Å². The average Bonchev–Trinajstić information content (AvgIpc) is 1.27. The summed E-state index contributed by atoms with van der Waals surface area (Å²) in [7, 11) is 0. The minimum absolute atomic E-state index is 0.889. The molecule has 0 aliphatic heterocycles. The van der Waals surface area contributed by atoms with Crippen LogP contribution in [0.1, 0.15) is 5.56 Å². The van der Waals surface area contributed by atoms with E-state index in [9.17, 15) is 0 Å². The minimum atomic E-state index is 0.889. The third-order valence-electron chi connectivity index (χ3n) is 25.7. The average molecular weight is 1710 g/mol. The molecule has 0 unspecified atom stereocenters. The van der Waals surface area contributed by atoms with Gasteiger partial charge in [0.1, 0.15) is 0 Å². The number of hydrogen-bond donors (Lipinski definition) is 0. The molecule has 0 radical (unpaired) electrons. The molecule has 0 bridgehead atoms. The number of thiophene rings is 3. The van der Waals surface area contributed by atoms with Crippen LogP contribution in [-0.4, -0.2) is 29.9 Å². The number of fused-ring (bicyclic) bond motifs is 27. The predicted octanol–water partition coefficient (Wildman–Crippen LogP) is 34.2. The SMILES string of the molecule is Cc1ccc2c(c1)c1cc(-c3cccc(-c4ccc5sc6ccccc6c5c4)c3)ccc1c1nccnc21.c1ccc(-c2cnc3c4ccc(-c5cccc(-c6ccc7sc8ccccc8c7c6)c5)cc4c4ccccc4c3n2)cc1.c1ccc(-c2nc3c4ccccc4c4cc(-c5cccc(-c6ccc7sc8ccccc8c7c6)c5)ccc4c3nc2-c2ccccc2)cc1. The quantitative estimate of drug-likeness (QED) is 0.134. The van der Waals surface area contributed by atoms with E-state index in [1.807, 2.05) is 70.5 Å². The molecule has 21 aromatic carbocycles. The Kier molecular flexibility index (Phi) is 18.6. The lowest BCUT2D eigenvalue weighted by Gasteiger charge is -2.15. The second-order valence-corrected chi connectivity index (χ2v) is 36.8. The Morgan fingerprint density at radius 2 is 0.423 bits per heavy atom. The summed E-state index contributed by atoms with van der Waals surface area (Å²) in [5.74, 6) is 0. The molecule has 0 fully saturated rings. The molecule has 27 aromatic rings. The maximum absolute atomic E-state index is 5.44. The maximum atomic E-state index is 5.44. The van der Waals surface area contributed by atoms with Crippen LogP contribution in [0.15, 0.2) is 431 Å². The molecule has 130 heavy (non-hydrogen) atoms. The Hall–Kier alpha value is -16.1. The van der Waals surface area contributed by atoms with E-state index in [-0.39, 0.29) is 0 Å². The monoisotopic (exact) mass is 1710 g/mol. The fourth-order valence-corrected chi connectivity index (χ4v) is 22.7. The molecule has 27 rings (SSSR count). The third-order valence-corrected chi connectivity index (χ3v) is 29.2. The molecule has 0 atom stereocenters. The van der Waals surface area contributed by atoms with Crippen LogP contribution in [0.25, 0.3) is 259 Å². The van der Waals surface area contributed by atoms with Gasteiger partial charge in [0.2, 0.25) is 0 Å². The van der Waals surface area contributed by atoms with E-state index in [4.69, 9.17) is 24.9 Å². The standard InChI is InChI=1S/C46H28N2S.C40H24N2S.C35H22N2S/c1-3-12-29(13-4-1)43-44(30-14-5-2-6-15-30)48-46-38-24-22-33(27-39(38)35-18-7-8-20-37(35)45(46)47-43)31-16-11-17-32(26-31)34-23-25-42-40(28-34)36-19-9-10-21-41(36)49-42;1-2-9-25(10-3-1)36-24-41-39-33-19-17-28(22-34(33)30-13-4-5-15-32(30)40(39)42-36)26-11-8-12-27(21-26)29-18-20-38-35(23-29)31-14-6-7-16-37(31)43-38;1-21-9-12-27-29(17-21)30-19-24(10-13-28(30)35-34(27)36-15-16-37-35)22-5-4-6-23(18-22)25-11-14-33-31(20-25)26-7-2-3-8-32(26)38-33/h1-28H;1-24H;2-20H,1H3. The first kappa shape index (κ1) is 76.3. The highest BCUT2D eigenvalue weighted by molar-refractivity contribution is 7.26.